The fourth-order valence-corrected chi connectivity index (χ4v) is 2.26. The summed E-state index contributed by atoms with van der Waals surface area (Å²) in [5, 5.41) is 4.06. The van der Waals surface area contributed by atoms with E-state index in [-0.39, 0.29) is 12.5 Å². The number of piperazine rings is 1. The van der Waals surface area contributed by atoms with E-state index in [1.807, 2.05) is 0 Å². The first-order chi connectivity index (χ1) is 9.63. The minimum absolute atomic E-state index is 0.0460. The Morgan fingerprint density at radius 2 is 2.15 bits per heavy atom. The molecule has 6 nitrogen and oxygen atoms in total. The molecule has 3 rings (SSSR count). The van der Waals surface area contributed by atoms with E-state index in [1.165, 1.54) is 6.07 Å². The van der Waals surface area contributed by atoms with E-state index in [0.717, 1.165) is 5.69 Å². The first-order valence-electron chi connectivity index (χ1n) is 6.30. The van der Waals surface area contributed by atoms with Gasteiger partial charge in [-0.2, -0.15) is 9.49 Å². The summed E-state index contributed by atoms with van der Waals surface area (Å²) >= 11 is 0. The van der Waals surface area contributed by atoms with E-state index in [0.29, 0.717) is 18.9 Å². The molecule has 1 amide bonds. The minimum Gasteiger partial charge on any atom is -0.345 e. The maximum absolute atomic E-state index is 13.1. The third-order valence-corrected chi connectivity index (χ3v) is 3.25. The van der Waals surface area contributed by atoms with E-state index >= 15 is 0 Å². The minimum atomic E-state index is -0.537. The smallest absolute Gasteiger partial charge is 0.246 e. The number of pyridine rings is 1. The van der Waals surface area contributed by atoms with E-state index in [9.17, 15) is 9.18 Å². The Kier molecular flexibility index (Phi) is 3.09. The highest BCUT2D eigenvalue weighted by Crippen LogP contribution is 2.19. The lowest BCUT2D eigenvalue weighted by Gasteiger charge is -2.34. The molecule has 1 saturated heterocycles. The lowest BCUT2D eigenvalue weighted by atomic mass is 10.2. The predicted molar refractivity (Wildman–Crippen MR) is 72.0 cm³/mol. The number of hydrogen-bond donors (Lipinski definition) is 0. The first-order valence-corrected chi connectivity index (χ1v) is 6.30. The highest BCUT2D eigenvalue weighted by atomic mass is 19.1. The number of halogens is 1. The summed E-state index contributed by atoms with van der Waals surface area (Å²) < 4.78 is 14.8. The standard InChI is InChI=1S/C13H14FN5O/c1-17-8-10(7-15-17)19-6-5-18(9-13(19)20)12-4-2-3-11(14)16-12/h2-4,7-8H,5-6,9H2,1H3. The highest BCUT2D eigenvalue weighted by Gasteiger charge is 2.26. The molecule has 2 aromatic heterocycles. The molecule has 0 aromatic carbocycles. The van der Waals surface area contributed by atoms with Crippen LogP contribution in [0.15, 0.2) is 30.6 Å². The Morgan fingerprint density at radius 3 is 2.80 bits per heavy atom. The van der Waals surface area contributed by atoms with Crippen molar-refractivity contribution in [3.8, 4) is 0 Å². The van der Waals surface area contributed by atoms with Gasteiger partial charge >= 0.3 is 0 Å². The van der Waals surface area contributed by atoms with Gasteiger partial charge in [0.05, 0.1) is 18.4 Å². The van der Waals surface area contributed by atoms with Crippen molar-refractivity contribution in [2.24, 2.45) is 7.05 Å². The quantitative estimate of drug-likeness (QED) is 0.761. The molecule has 1 aliphatic heterocycles. The zero-order chi connectivity index (χ0) is 14.1. The van der Waals surface area contributed by atoms with Crippen molar-refractivity contribution < 1.29 is 9.18 Å². The summed E-state index contributed by atoms with van der Waals surface area (Å²) in [5.74, 6) is -0.0934. The van der Waals surface area contributed by atoms with Gasteiger partial charge in [-0.15, -0.1) is 0 Å². The number of aryl methyl sites for hydroxylation is 1. The molecule has 0 saturated carbocycles. The Morgan fingerprint density at radius 1 is 1.30 bits per heavy atom. The zero-order valence-corrected chi connectivity index (χ0v) is 11.0. The van der Waals surface area contributed by atoms with Crippen LogP contribution in [-0.4, -0.2) is 40.3 Å². The van der Waals surface area contributed by atoms with Crippen LogP contribution >= 0.6 is 0 Å². The van der Waals surface area contributed by atoms with Crippen molar-refractivity contribution in [2.75, 3.05) is 29.4 Å². The number of hydrogen-bond acceptors (Lipinski definition) is 4. The van der Waals surface area contributed by atoms with E-state index in [4.69, 9.17) is 0 Å². The SMILES string of the molecule is Cn1cc(N2CCN(c3cccc(F)n3)CC2=O)cn1. The number of aromatic nitrogens is 3. The van der Waals surface area contributed by atoms with E-state index in [1.54, 1.807) is 46.1 Å². The molecule has 104 valence electrons. The molecule has 0 radical (unpaired) electrons. The second kappa shape index (κ2) is 4.92. The molecular formula is C13H14FN5O. The third-order valence-electron chi connectivity index (χ3n) is 3.25. The fourth-order valence-electron chi connectivity index (χ4n) is 2.26. The molecular weight excluding hydrogens is 261 g/mol. The topological polar surface area (TPSA) is 54.3 Å². The zero-order valence-electron chi connectivity index (χ0n) is 11.0. The molecule has 7 heteroatoms. The van der Waals surface area contributed by atoms with Gasteiger partial charge in [0.1, 0.15) is 5.82 Å². The van der Waals surface area contributed by atoms with Crippen LogP contribution in [0.4, 0.5) is 15.9 Å². The average molecular weight is 275 g/mol. The Labute approximate surface area is 115 Å². The summed E-state index contributed by atoms with van der Waals surface area (Å²) in [6.45, 7) is 1.32. The van der Waals surface area contributed by atoms with Crippen LogP contribution in [0.3, 0.4) is 0 Å². The van der Waals surface area contributed by atoms with Gasteiger partial charge in [0.15, 0.2) is 0 Å². The molecule has 0 atom stereocenters. The van der Waals surface area contributed by atoms with Crippen molar-refractivity contribution in [3.05, 3.63) is 36.5 Å². The molecule has 0 unspecified atom stereocenters. The van der Waals surface area contributed by atoms with Gasteiger partial charge < -0.3 is 9.80 Å². The summed E-state index contributed by atoms with van der Waals surface area (Å²) in [4.78, 5) is 19.5. The summed E-state index contributed by atoms with van der Waals surface area (Å²) in [6.07, 6.45) is 3.46. The van der Waals surface area contributed by atoms with Crippen LogP contribution < -0.4 is 9.80 Å². The van der Waals surface area contributed by atoms with Crippen molar-refractivity contribution in [2.45, 2.75) is 0 Å². The van der Waals surface area contributed by atoms with Crippen molar-refractivity contribution in [1.29, 1.82) is 0 Å². The normalized spacial score (nSPS) is 15.8. The van der Waals surface area contributed by atoms with Gasteiger partial charge in [-0.3, -0.25) is 9.48 Å². The number of carbonyl (C=O) groups is 1. The van der Waals surface area contributed by atoms with Gasteiger partial charge in [-0.05, 0) is 12.1 Å². The monoisotopic (exact) mass is 275 g/mol. The molecule has 1 fully saturated rings. The van der Waals surface area contributed by atoms with Crippen molar-refractivity contribution in [1.82, 2.24) is 14.8 Å². The largest absolute Gasteiger partial charge is 0.345 e. The van der Waals surface area contributed by atoms with Crippen LogP contribution in [0.2, 0.25) is 0 Å². The molecule has 2 aromatic rings. The molecule has 1 aliphatic rings. The number of nitrogens with zero attached hydrogens (tertiary/aromatic N) is 5. The van der Waals surface area contributed by atoms with Gasteiger partial charge in [0.2, 0.25) is 11.9 Å². The van der Waals surface area contributed by atoms with E-state index < -0.39 is 5.95 Å². The first kappa shape index (κ1) is 12.6. The summed E-state index contributed by atoms with van der Waals surface area (Å²) in [7, 11) is 1.81. The maximum Gasteiger partial charge on any atom is 0.246 e. The number of amides is 1. The van der Waals surface area contributed by atoms with Gasteiger partial charge in [0.25, 0.3) is 0 Å². The lowest BCUT2D eigenvalue weighted by Crippen LogP contribution is -2.50. The van der Waals surface area contributed by atoms with Crippen LogP contribution in [0.1, 0.15) is 0 Å². The number of rotatable bonds is 2. The summed E-state index contributed by atoms with van der Waals surface area (Å²) in [5.41, 5.74) is 0.782. The van der Waals surface area contributed by atoms with Gasteiger partial charge in [-0.1, -0.05) is 6.07 Å². The van der Waals surface area contributed by atoms with Crippen LogP contribution in [0, 0.1) is 5.95 Å². The second-order valence-electron chi connectivity index (χ2n) is 4.66. The third kappa shape index (κ3) is 2.34. The Hall–Kier alpha value is -2.44. The van der Waals surface area contributed by atoms with Crippen LogP contribution in [0.25, 0.3) is 0 Å². The maximum atomic E-state index is 13.1. The molecule has 3 heterocycles. The average Bonchev–Trinajstić information content (AvgIpc) is 2.85. The predicted octanol–water partition coefficient (Wildman–Crippen LogP) is 0.807. The Balaban J connectivity index is 1.75. The number of carbonyl (C=O) groups excluding carboxylic acids is 1. The van der Waals surface area contributed by atoms with Crippen molar-refractivity contribution >= 4 is 17.4 Å². The fraction of sp³-hybridized carbons (Fsp3) is 0.308. The molecule has 0 N–H and O–H groups in total. The molecule has 0 bridgehead atoms. The van der Waals surface area contributed by atoms with Gasteiger partial charge in [-0.25, -0.2) is 4.98 Å². The molecule has 0 spiro atoms. The van der Waals surface area contributed by atoms with Crippen LogP contribution in [0.5, 0.6) is 0 Å². The van der Waals surface area contributed by atoms with Gasteiger partial charge in [0, 0.05) is 26.3 Å². The number of anilines is 2. The molecule has 20 heavy (non-hydrogen) atoms. The van der Waals surface area contributed by atoms with E-state index in [2.05, 4.69) is 10.1 Å². The van der Waals surface area contributed by atoms with Crippen molar-refractivity contribution in [3.63, 3.8) is 0 Å². The van der Waals surface area contributed by atoms with Crippen LogP contribution in [-0.2, 0) is 11.8 Å². The Bertz CT molecular complexity index is 641. The lowest BCUT2D eigenvalue weighted by molar-refractivity contribution is -0.117. The molecule has 0 aliphatic carbocycles. The second-order valence-corrected chi connectivity index (χ2v) is 4.66. The highest BCUT2D eigenvalue weighted by molar-refractivity contribution is 5.97. The summed E-state index contributed by atoms with van der Waals surface area (Å²) in [6, 6.07) is 4.59.